The summed E-state index contributed by atoms with van der Waals surface area (Å²) in [5.74, 6) is 0.0337. The van der Waals surface area contributed by atoms with Crippen LogP contribution in [0.5, 0.6) is 0 Å². The van der Waals surface area contributed by atoms with Gasteiger partial charge >= 0.3 is 0 Å². The van der Waals surface area contributed by atoms with Crippen molar-refractivity contribution in [2.24, 2.45) is 12.8 Å². The van der Waals surface area contributed by atoms with Crippen LogP contribution < -0.4 is 10.6 Å². The number of aromatic nitrogens is 2. The highest BCUT2D eigenvalue weighted by Crippen LogP contribution is 2.35. The van der Waals surface area contributed by atoms with E-state index in [1.807, 2.05) is 0 Å². The van der Waals surface area contributed by atoms with Crippen LogP contribution in [0.3, 0.4) is 0 Å². The highest BCUT2D eigenvalue weighted by Gasteiger charge is 2.38. The van der Waals surface area contributed by atoms with E-state index in [0.717, 1.165) is 63.2 Å². The molecule has 0 saturated carbocycles. The van der Waals surface area contributed by atoms with Gasteiger partial charge in [-0.15, -0.1) is 0 Å². The summed E-state index contributed by atoms with van der Waals surface area (Å²) in [6.45, 7) is 5.13. The Bertz CT molecular complexity index is 930. The topological polar surface area (TPSA) is 68.8 Å². The molecule has 30 heavy (non-hydrogen) atoms. The van der Waals surface area contributed by atoms with Crippen LogP contribution >= 0.6 is 0 Å². The fourth-order valence-electron chi connectivity index (χ4n) is 4.80. The third-order valence-electron chi connectivity index (χ3n) is 6.45. The number of hydrogen-bond acceptors (Lipinski definition) is 6. The van der Waals surface area contributed by atoms with Crippen LogP contribution in [0.15, 0.2) is 18.2 Å². The molecule has 0 bridgehead atoms. The Labute approximate surface area is 174 Å². The van der Waals surface area contributed by atoms with Crippen LogP contribution in [-0.4, -0.2) is 59.4 Å². The van der Waals surface area contributed by atoms with Crippen LogP contribution in [-0.2, 0) is 29.6 Å². The fraction of sp³-hybridized carbons (Fsp3) is 0.571. The lowest BCUT2D eigenvalue weighted by atomic mass is 9.93. The molecular formula is C21H27F2N5O2. The third-order valence-corrected chi connectivity index (χ3v) is 6.45. The van der Waals surface area contributed by atoms with Gasteiger partial charge in [-0.3, -0.25) is 4.90 Å². The Hall–Kier alpha value is -2.07. The molecule has 2 aromatic rings. The molecule has 0 amide bonds. The van der Waals surface area contributed by atoms with Crippen molar-refractivity contribution in [3.8, 4) is 0 Å². The average Bonchev–Trinajstić information content (AvgIpc) is 3.30. The van der Waals surface area contributed by atoms with Crippen LogP contribution in [0.25, 0.3) is 0 Å². The van der Waals surface area contributed by atoms with Crippen LogP contribution in [0.4, 0.5) is 14.7 Å². The lowest BCUT2D eigenvalue weighted by Gasteiger charge is -2.38. The number of nitrogens with two attached hydrogens (primary N) is 1. The highest BCUT2D eigenvalue weighted by molar-refractivity contribution is 5.39. The molecule has 4 heterocycles. The number of anilines is 1. The molecule has 0 unspecified atom stereocenters. The van der Waals surface area contributed by atoms with Crippen molar-refractivity contribution in [1.82, 2.24) is 14.5 Å². The third kappa shape index (κ3) is 3.49. The Morgan fingerprint density at radius 2 is 1.97 bits per heavy atom. The first-order valence-electron chi connectivity index (χ1n) is 10.4. The molecule has 0 aliphatic carbocycles. The first-order valence-corrected chi connectivity index (χ1v) is 10.4. The predicted molar refractivity (Wildman–Crippen MR) is 107 cm³/mol. The van der Waals surface area contributed by atoms with Gasteiger partial charge in [0.05, 0.1) is 31.2 Å². The Kier molecular flexibility index (Phi) is 5.22. The maximum Gasteiger partial charge on any atom is 0.205 e. The molecule has 3 atom stereocenters. The van der Waals surface area contributed by atoms with Gasteiger partial charge in [0.1, 0.15) is 17.7 Å². The second-order valence-electron chi connectivity index (χ2n) is 8.34. The minimum atomic E-state index is -0.632. The number of halogens is 2. The largest absolute Gasteiger partial charge is 0.378 e. The highest BCUT2D eigenvalue weighted by atomic mass is 19.1. The van der Waals surface area contributed by atoms with Crippen molar-refractivity contribution in [3.63, 3.8) is 0 Å². The number of benzene rings is 1. The summed E-state index contributed by atoms with van der Waals surface area (Å²) in [5.41, 5.74) is 8.84. The van der Waals surface area contributed by atoms with Crippen molar-refractivity contribution in [2.75, 3.05) is 37.8 Å². The number of morpholine rings is 1. The summed E-state index contributed by atoms with van der Waals surface area (Å²) in [5, 5.41) is 0. The van der Waals surface area contributed by atoms with Gasteiger partial charge in [-0.2, -0.15) is 0 Å². The smallest absolute Gasteiger partial charge is 0.205 e. The standard InChI is InChI=1S/C21H27F2N5O2/c1-26-19-11-28(10-18(19)25-21(26)27-4-6-29-7-5-27)14-9-17(24)20(30-12-14)15-8-13(22)2-3-16(15)23/h2-3,8,14,17,20H,4-7,9-12,24H2,1H3/t14-,17+,20-/m1/s1. The summed E-state index contributed by atoms with van der Waals surface area (Å²) in [6, 6.07) is 3.13. The molecule has 5 rings (SSSR count). The molecule has 1 aromatic heterocycles. The molecule has 3 aliphatic rings. The van der Waals surface area contributed by atoms with Crippen LogP contribution in [0, 0.1) is 11.6 Å². The zero-order chi connectivity index (χ0) is 20.8. The maximum atomic E-state index is 14.2. The number of fused-ring (bicyclic) bond motifs is 1. The lowest BCUT2D eigenvalue weighted by Crippen LogP contribution is -2.48. The van der Waals surface area contributed by atoms with Crippen LogP contribution in [0.2, 0.25) is 0 Å². The molecule has 9 heteroatoms. The number of rotatable bonds is 3. The molecule has 0 radical (unpaired) electrons. The molecule has 3 aliphatic heterocycles. The van der Waals surface area contributed by atoms with E-state index in [0.29, 0.717) is 13.0 Å². The molecular weight excluding hydrogens is 392 g/mol. The molecule has 2 fully saturated rings. The normalized spacial score (nSPS) is 27.5. The van der Waals surface area contributed by atoms with Gasteiger partial charge in [0.2, 0.25) is 5.95 Å². The van der Waals surface area contributed by atoms with E-state index < -0.39 is 23.8 Å². The Morgan fingerprint density at radius 3 is 2.70 bits per heavy atom. The van der Waals surface area contributed by atoms with Crippen molar-refractivity contribution in [2.45, 2.75) is 37.7 Å². The van der Waals surface area contributed by atoms with Gasteiger partial charge in [0, 0.05) is 50.9 Å². The van der Waals surface area contributed by atoms with E-state index in [2.05, 4.69) is 21.4 Å². The summed E-state index contributed by atoms with van der Waals surface area (Å²) >= 11 is 0. The maximum absolute atomic E-state index is 14.2. The van der Waals surface area contributed by atoms with E-state index in [1.54, 1.807) is 0 Å². The summed E-state index contributed by atoms with van der Waals surface area (Å²) in [7, 11) is 2.06. The first-order chi connectivity index (χ1) is 14.5. The van der Waals surface area contributed by atoms with E-state index in [9.17, 15) is 8.78 Å². The van der Waals surface area contributed by atoms with Gasteiger partial charge in [-0.05, 0) is 24.6 Å². The number of hydrogen-bond donors (Lipinski definition) is 1. The Balaban J connectivity index is 1.26. The molecule has 2 N–H and O–H groups in total. The number of ether oxygens (including phenoxy) is 2. The van der Waals surface area contributed by atoms with E-state index in [-0.39, 0.29) is 11.6 Å². The van der Waals surface area contributed by atoms with Gasteiger partial charge in [-0.25, -0.2) is 13.8 Å². The second kappa shape index (κ2) is 7.88. The van der Waals surface area contributed by atoms with E-state index in [4.69, 9.17) is 20.2 Å². The molecule has 7 nitrogen and oxygen atoms in total. The fourth-order valence-corrected chi connectivity index (χ4v) is 4.80. The quantitative estimate of drug-likeness (QED) is 0.817. The first kappa shape index (κ1) is 19.9. The number of imidazole rings is 1. The predicted octanol–water partition coefficient (Wildman–Crippen LogP) is 1.71. The van der Waals surface area contributed by atoms with Gasteiger partial charge < -0.3 is 24.7 Å². The summed E-state index contributed by atoms with van der Waals surface area (Å²) < 4.78 is 41.3. The zero-order valence-electron chi connectivity index (χ0n) is 17.1. The van der Waals surface area contributed by atoms with Crippen molar-refractivity contribution in [1.29, 1.82) is 0 Å². The lowest BCUT2D eigenvalue weighted by molar-refractivity contribution is -0.0534. The zero-order valence-corrected chi connectivity index (χ0v) is 17.1. The molecule has 162 valence electrons. The Morgan fingerprint density at radius 1 is 1.17 bits per heavy atom. The molecule has 1 aromatic carbocycles. The van der Waals surface area contributed by atoms with Gasteiger partial charge in [-0.1, -0.05) is 0 Å². The number of nitrogens with zero attached hydrogens (tertiary/aromatic N) is 4. The molecule has 0 spiro atoms. The SMILES string of the molecule is Cn1c(N2CCOCC2)nc2c1CN([C@H]1CO[C@H](c3cc(F)ccc3F)[C@@H](N)C1)C2. The monoisotopic (exact) mass is 419 g/mol. The minimum Gasteiger partial charge on any atom is -0.378 e. The summed E-state index contributed by atoms with van der Waals surface area (Å²) in [4.78, 5) is 9.48. The van der Waals surface area contributed by atoms with E-state index in [1.165, 1.54) is 11.8 Å². The molecule has 2 saturated heterocycles. The van der Waals surface area contributed by atoms with Crippen molar-refractivity contribution >= 4 is 5.95 Å². The van der Waals surface area contributed by atoms with Gasteiger partial charge in [0.25, 0.3) is 0 Å². The van der Waals surface area contributed by atoms with E-state index >= 15 is 0 Å². The second-order valence-corrected chi connectivity index (χ2v) is 8.34. The van der Waals surface area contributed by atoms with Crippen molar-refractivity contribution < 1.29 is 18.3 Å². The van der Waals surface area contributed by atoms with Gasteiger partial charge in [0.15, 0.2) is 0 Å². The summed E-state index contributed by atoms with van der Waals surface area (Å²) in [6.07, 6.45) is 0.0262. The van der Waals surface area contributed by atoms with Crippen molar-refractivity contribution in [3.05, 3.63) is 46.8 Å². The van der Waals surface area contributed by atoms with Crippen LogP contribution in [0.1, 0.15) is 29.5 Å². The average molecular weight is 419 g/mol. The minimum absolute atomic E-state index is 0.119.